The Balaban J connectivity index is 2.99. The van der Waals surface area contributed by atoms with Crippen molar-refractivity contribution in [2.75, 3.05) is 13.1 Å². The Bertz CT molecular complexity index is 344. The van der Waals surface area contributed by atoms with E-state index in [1.807, 2.05) is 27.7 Å². The Labute approximate surface area is 115 Å². The molecule has 1 rings (SSSR count). The molecule has 0 aromatic rings. The monoisotopic (exact) mass is 270 g/mol. The van der Waals surface area contributed by atoms with Crippen molar-refractivity contribution in [2.45, 2.75) is 65.0 Å². The van der Waals surface area contributed by atoms with Crippen LogP contribution in [0.1, 0.15) is 53.4 Å². The number of rotatable bonds is 5. The summed E-state index contributed by atoms with van der Waals surface area (Å²) in [5.41, 5.74) is -1.00. The molecule has 2 amide bonds. The van der Waals surface area contributed by atoms with Crippen molar-refractivity contribution in [3.63, 3.8) is 0 Å². The highest BCUT2D eigenvalue weighted by Gasteiger charge is 2.49. The normalized spacial score (nSPS) is 22.9. The number of urea groups is 1. The molecule has 0 spiro atoms. The number of hydrogen-bond acceptors (Lipinski definition) is 2. The van der Waals surface area contributed by atoms with Crippen LogP contribution in [0, 0.1) is 0 Å². The average molecular weight is 270 g/mol. The number of carbonyl (C=O) groups excluding carboxylic acids is 1. The highest BCUT2D eigenvalue weighted by atomic mass is 16.4. The predicted molar refractivity (Wildman–Crippen MR) is 74.1 cm³/mol. The first-order chi connectivity index (χ1) is 8.90. The lowest BCUT2D eigenvalue weighted by atomic mass is 9.93. The van der Waals surface area contributed by atoms with Crippen LogP contribution in [0.4, 0.5) is 4.79 Å². The van der Waals surface area contributed by atoms with E-state index in [0.717, 1.165) is 12.8 Å². The molecule has 1 fully saturated rings. The molecule has 0 aliphatic carbocycles. The number of amides is 2. The van der Waals surface area contributed by atoms with Gasteiger partial charge in [-0.05, 0) is 39.5 Å². The summed E-state index contributed by atoms with van der Waals surface area (Å²) < 4.78 is 0. The minimum absolute atomic E-state index is 0.0939. The van der Waals surface area contributed by atoms with E-state index in [1.54, 1.807) is 9.80 Å². The Morgan fingerprint density at radius 1 is 1.37 bits per heavy atom. The van der Waals surface area contributed by atoms with Crippen molar-refractivity contribution in [1.82, 2.24) is 9.80 Å². The molecule has 1 heterocycles. The van der Waals surface area contributed by atoms with Gasteiger partial charge >= 0.3 is 12.0 Å². The molecule has 19 heavy (non-hydrogen) atoms. The van der Waals surface area contributed by atoms with E-state index < -0.39 is 11.5 Å². The van der Waals surface area contributed by atoms with Crippen molar-refractivity contribution in [3.8, 4) is 0 Å². The number of likely N-dealkylation sites (tertiary alicyclic amines) is 1. The molecule has 0 radical (unpaired) electrons. The fourth-order valence-corrected chi connectivity index (χ4v) is 2.87. The largest absolute Gasteiger partial charge is 0.479 e. The van der Waals surface area contributed by atoms with Gasteiger partial charge in [-0.25, -0.2) is 9.59 Å². The quantitative estimate of drug-likeness (QED) is 0.835. The van der Waals surface area contributed by atoms with Crippen molar-refractivity contribution in [1.29, 1.82) is 0 Å². The van der Waals surface area contributed by atoms with Gasteiger partial charge < -0.3 is 14.9 Å². The second kappa shape index (κ2) is 6.26. The molecule has 1 aliphatic rings. The standard InChI is InChI=1S/C14H26N2O3/c1-5-9-15(11(3)4)13(19)16-10-7-8-14(16,6-2)12(17)18/h11H,5-10H2,1-4H3,(H,17,18). The number of carboxylic acids is 1. The summed E-state index contributed by atoms with van der Waals surface area (Å²) >= 11 is 0. The van der Waals surface area contributed by atoms with Gasteiger partial charge in [0, 0.05) is 19.1 Å². The zero-order chi connectivity index (χ0) is 14.6. The lowest BCUT2D eigenvalue weighted by Crippen LogP contribution is -2.57. The van der Waals surface area contributed by atoms with Crippen LogP contribution in [-0.4, -0.2) is 51.6 Å². The molecule has 1 atom stereocenters. The Hall–Kier alpha value is -1.26. The van der Waals surface area contributed by atoms with Crippen molar-refractivity contribution in [3.05, 3.63) is 0 Å². The van der Waals surface area contributed by atoms with Gasteiger partial charge in [-0.2, -0.15) is 0 Å². The Kier molecular flexibility index (Phi) is 5.20. The summed E-state index contributed by atoms with van der Waals surface area (Å²) in [4.78, 5) is 27.6. The number of carboxylic acid groups (broad SMARTS) is 1. The van der Waals surface area contributed by atoms with E-state index in [1.165, 1.54) is 0 Å². The van der Waals surface area contributed by atoms with Gasteiger partial charge in [0.05, 0.1) is 0 Å². The molecular weight excluding hydrogens is 244 g/mol. The van der Waals surface area contributed by atoms with Gasteiger partial charge in [-0.3, -0.25) is 0 Å². The van der Waals surface area contributed by atoms with Gasteiger partial charge in [0.15, 0.2) is 0 Å². The molecule has 1 aliphatic heterocycles. The van der Waals surface area contributed by atoms with Crippen LogP contribution in [-0.2, 0) is 4.79 Å². The molecule has 0 saturated carbocycles. The molecule has 0 bridgehead atoms. The summed E-state index contributed by atoms with van der Waals surface area (Å²) in [6.45, 7) is 9.03. The SMILES string of the molecule is CCCN(C(=O)N1CCCC1(CC)C(=O)O)C(C)C. The fraction of sp³-hybridized carbons (Fsp3) is 0.857. The molecular formula is C14H26N2O3. The maximum Gasteiger partial charge on any atom is 0.329 e. The van der Waals surface area contributed by atoms with E-state index in [2.05, 4.69) is 0 Å². The predicted octanol–water partition coefficient (Wildman–Crippen LogP) is 2.56. The lowest BCUT2D eigenvalue weighted by Gasteiger charge is -2.39. The maximum absolute atomic E-state index is 12.6. The van der Waals surface area contributed by atoms with Gasteiger partial charge in [0.25, 0.3) is 0 Å². The average Bonchev–Trinajstić information content (AvgIpc) is 2.79. The summed E-state index contributed by atoms with van der Waals surface area (Å²) in [7, 11) is 0. The first-order valence-corrected chi connectivity index (χ1v) is 7.22. The summed E-state index contributed by atoms with van der Waals surface area (Å²) in [6.07, 6.45) is 2.67. The first kappa shape index (κ1) is 15.8. The van der Waals surface area contributed by atoms with Crippen LogP contribution < -0.4 is 0 Å². The third-order valence-electron chi connectivity index (χ3n) is 4.04. The second-order valence-corrected chi connectivity index (χ2v) is 5.52. The number of nitrogens with zero attached hydrogens (tertiary/aromatic N) is 2. The van der Waals surface area contributed by atoms with Crippen LogP contribution in [0.15, 0.2) is 0 Å². The van der Waals surface area contributed by atoms with Crippen LogP contribution in [0.5, 0.6) is 0 Å². The third-order valence-corrected chi connectivity index (χ3v) is 4.04. The maximum atomic E-state index is 12.6. The summed E-state index contributed by atoms with van der Waals surface area (Å²) in [6, 6.07) is -0.0324. The molecule has 1 unspecified atom stereocenters. The van der Waals surface area contributed by atoms with E-state index in [9.17, 15) is 14.7 Å². The number of aliphatic carboxylic acids is 1. The second-order valence-electron chi connectivity index (χ2n) is 5.52. The van der Waals surface area contributed by atoms with E-state index in [0.29, 0.717) is 25.9 Å². The highest BCUT2D eigenvalue weighted by Crippen LogP contribution is 2.34. The van der Waals surface area contributed by atoms with Crippen LogP contribution in [0.25, 0.3) is 0 Å². The topological polar surface area (TPSA) is 60.9 Å². The number of carbonyl (C=O) groups is 2. The minimum Gasteiger partial charge on any atom is -0.479 e. The van der Waals surface area contributed by atoms with E-state index in [4.69, 9.17) is 0 Å². The summed E-state index contributed by atoms with van der Waals surface area (Å²) in [5.74, 6) is -0.874. The van der Waals surface area contributed by atoms with Gasteiger partial charge in [-0.1, -0.05) is 13.8 Å². The Morgan fingerprint density at radius 2 is 2.00 bits per heavy atom. The Morgan fingerprint density at radius 3 is 2.42 bits per heavy atom. The van der Waals surface area contributed by atoms with Crippen molar-refractivity contribution < 1.29 is 14.7 Å². The molecule has 0 aromatic heterocycles. The molecule has 1 saturated heterocycles. The first-order valence-electron chi connectivity index (χ1n) is 7.22. The van der Waals surface area contributed by atoms with E-state index >= 15 is 0 Å². The van der Waals surface area contributed by atoms with Crippen LogP contribution >= 0.6 is 0 Å². The molecule has 1 N–H and O–H groups in total. The highest BCUT2D eigenvalue weighted by molar-refractivity contribution is 5.87. The summed E-state index contributed by atoms with van der Waals surface area (Å²) in [5, 5.41) is 9.52. The van der Waals surface area contributed by atoms with Crippen LogP contribution in [0.3, 0.4) is 0 Å². The van der Waals surface area contributed by atoms with Crippen LogP contribution in [0.2, 0.25) is 0 Å². The van der Waals surface area contributed by atoms with Crippen molar-refractivity contribution in [2.24, 2.45) is 0 Å². The van der Waals surface area contributed by atoms with Gasteiger partial charge in [0.2, 0.25) is 0 Å². The molecule has 110 valence electrons. The fourth-order valence-electron chi connectivity index (χ4n) is 2.87. The zero-order valence-electron chi connectivity index (χ0n) is 12.5. The molecule has 5 heteroatoms. The zero-order valence-corrected chi connectivity index (χ0v) is 12.5. The van der Waals surface area contributed by atoms with Crippen molar-refractivity contribution >= 4 is 12.0 Å². The van der Waals surface area contributed by atoms with E-state index in [-0.39, 0.29) is 12.1 Å². The van der Waals surface area contributed by atoms with Gasteiger partial charge in [0.1, 0.15) is 5.54 Å². The smallest absolute Gasteiger partial charge is 0.329 e. The molecule has 0 aromatic carbocycles. The third kappa shape index (κ3) is 2.85. The lowest BCUT2D eigenvalue weighted by molar-refractivity contribution is -0.148. The molecule has 5 nitrogen and oxygen atoms in total. The minimum atomic E-state index is -1.00. The van der Waals surface area contributed by atoms with Gasteiger partial charge in [-0.15, -0.1) is 0 Å². The number of hydrogen-bond donors (Lipinski definition) is 1.